The number of anilines is 3. The minimum atomic E-state index is -0.520. The Morgan fingerprint density at radius 3 is 2.81 bits per heavy atom. The summed E-state index contributed by atoms with van der Waals surface area (Å²) in [5.41, 5.74) is 4.38. The maximum atomic E-state index is 12.6. The molecule has 0 aromatic heterocycles. The van der Waals surface area contributed by atoms with Gasteiger partial charge >= 0.3 is 0 Å². The van der Waals surface area contributed by atoms with Crippen molar-refractivity contribution in [1.29, 1.82) is 0 Å². The molecule has 5 nitrogen and oxygen atoms in total. The van der Waals surface area contributed by atoms with Crippen LogP contribution in [0.15, 0.2) is 48.5 Å². The normalized spacial score (nSPS) is 19.7. The second-order valence-corrected chi connectivity index (χ2v) is 7.15. The number of fused-ring (bicyclic) bond motifs is 1. The van der Waals surface area contributed by atoms with Crippen molar-refractivity contribution in [2.24, 2.45) is 0 Å². The fourth-order valence-corrected chi connectivity index (χ4v) is 3.74. The van der Waals surface area contributed by atoms with Gasteiger partial charge in [0.05, 0.1) is 24.1 Å². The minimum absolute atomic E-state index is 0.119. The van der Waals surface area contributed by atoms with Gasteiger partial charge in [0.2, 0.25) is 0 Å². The minimum Gasteiger partial charge on any atom is -0.376 e. The molecule has 2 aliphatic rings. The number of carbonyl (C=O) groups excluding carboxylic acids is 1. The number of nitrogens with zero attached hydrogens (tertiary/aromatic N) is 1. The van der Waals surface area contributed by atoms with E-state index >= 15 is 0 Å². The van der Waals surface area contributed by atoms with Gasteiger partial charge in [0.15, 0.2) is 0 Å². The molecule has 0 spiro atoms. The molecule has 0 radical (unpaired) electrons. The molecule has 2 atom stereocenters. The fourth-order valence-electron chi connectivity index (χ4n) is 3.74. The van der Waals surface area contributed by atoms with Gasteiger partial charge in [-0.2, -0.15) is 0 Å². The first-order chi connectivity index (χ1) is 13.2. The number of benzene rings is 2. The third-order valence-corrected chi connectivity index (χ3v) is 5.27. The zero-order valence-corrected chi connectivity index (χ0v) is 15.7. The number of carbonyl (C=O) groups is 1. The van der Waals surface area contributed by atoms with E-state index in [0.717, 1.165) is 43.8 Å². The van der Waals surface area contributed by atoms with Gasteiger partial charge in [0, 0.05) is 18.8 Å². The Kier molecular flexibility index (Phi) is 5.41. The van der Waals surface area contributed by atoms with Gasteiger partial charge in [-0.15, -0.1) is 0 Å². The van der Waals surface area contributed by atoms with Crippen molar-refractivity contribution >= 4 is 23.0 Å². The highest BCUT2D eigenvalue weighted by atomic mass is 16.5. The van der Waals surface area contributed by atoms with Crippen LogP contribution in [0.4, 0.5) is 17.1 Å². The Morgan fingerprint density at radius 2 is 2.00 bits per heavy atom. The molecule has 2 aromatic rings. The summed E-state index contributed by atoms with van der Waals surface area (Å²) >= 11 is 0. The van der Waals surface area contributed by atoms with Crippen molar-refractivity contribution in [1.82, 2.24) is 0 Å². The second-order valence-electron chi connectivity index (χ2n) is 7.15. The molecule has 2 heterocycles. The molecule has 0 saturated carbocycles. The van der Waals surface area contributed by atoms with Crippen LogP contribution in [0.3, 0.4) is 0 Å². The van der Waals surface area contributed by atoms with E-state index in [-0.39, 0.29) is 12.0 Å². The molecular weight excluding hydrogens is 340 g/mol. The average Bonchev–Trinajstić information content (AvgIpc) is 3.36. The monoisotopic (exact) mass is 366 g/mol. The van der Waals surface area contributed by atoms with Crippen LogP contribution in [0.2, 0.25) is 0 Å². The molecule has 142 valence electrons. The molecule has 4 rings (SSSR count). The van der Waals surface area contributed by atoms with Crippen LogP contribution in [0.1, 0.15) is 25.3 Å². The zero-order valence-electron chi connectivity index (χ0n) is 15.7. The summed E-state index contributed by atoms with van der Waals surface area (Å²) < 4.78 is 11.3. The van der Waals surface area contributed by atoms with Crippen molar-refractivity contribution in [2.45, 2.75) is 38.4 Å². The Hall–Kier alpha value is -2.37. The van der Waals surface area contributed by atoms with Crippen molar-refractivity contribution < 1.29 is 14.3 Å². The van der Waals surface area contributed by atoms with Gasteiger partial charge < -0.3 is 19.7 Å². The predicted octanol–water partition coefficient (Wildman–Crippen LogP) is 3.90. The highest BCUT2D eigenvalue weighted by molar-refractivity contribution is 5.97. The molecule has 1 N–H and O–H groups in total. The molecule has 0 unspecified atom stereocenters. The largest absolute Gasteiger partial charge is 0.376 e. The number of rotatable bonds is 6. The molecule has 0 aliphatic carbocycles. The number of hydrogen-bond donors (Lipinski definition) is 1. The first-order valence-corrected chi connectivity index (χ1v) is 9.71. The summed E-state index contributed by atoms with van der Waals surface area (Å²) in [7, 11) is 0. The molecule has 2 aromatic carbocycles. The number of para-hydroxylation sites is 3. The maximum absolute atomic E-state index is 12.6. The predicted molar refractivity (Wildman–Crippen MR) is 107 cm³/mol. The molecule has 0 bridgehead atoms. The molecular formula is C22H26N2O3. The van der Waals surface area contributed by atoms with Crippen LogP contribution in [0, 0.1) is 0 Å². The highest BCUT2D eigenvalue weighted by Crippen LogP contribution is 2.38. The number of ether oxygens (including phenoxy) is 2. The van der Waals surface area contributed by atoms with Gasteiger partial charge in [-0.05, 0) is 49.9 Å². The SMILES string of the molecule is C[C@H](OC[C@H]1CCCO1)C(=O)Nc1ccccc1N1CCc2ccccc21. The maximum Gasteiger partial charge on any atom is 0.253 e. The molecule has 5 heteroatoms. The lowest BCUT2D eigenvalue weighted by Crippen LogP contribution is -2.31. The number of amides is 1. The molecule has 1 amide bonds. The van der Waals surface area contributed by atoms with Gasteiger partial charge in [-0.3, -0.25) is 4.79 Å². The van der Waals surface area contributed by atoms with E-state index in [4.69, 9.17) is 9.47 Å². The van der Waals surface area contributed by atoms with Crippen LogP contribution in [-0.4, -0.2) is 37.9 Å². The highest BCUT2D eigenvalue weighted by Gasteiger charge is 2.24. The summed E-state index contributed by atoms with van der Waals surface area (Å²) in [6.07, 6.45) is 2.69. The number of hydrogen-bond acceptors (Lipinski definition) is 4. The van der Waals surface area contributed by atoms with Crippen LogP contribution < -0.4 is 10.2 Å². The Morgan fingerprint density at radius 1 is 1.22 bits per heavy atom. The fraction of sp³-hybridized carbons (Fsp3) is 0.409. The van der Waals surface area contributed by atoms with Crippen LogP contribution in [0.25, 0.3) is 0 Å². The van der Waals surface area contributed by atoms with Crippen molar-refractivity contribution in [3.63, 3.8) is 0 Å². The molecule has 2 aliphatic heterocycles. The smallest absolute Gasteiger partial charge is 0.253 e. The van der Waals surface area contributed by atoms with Crippen molar-refractivity contribution in [3.05, 3.63) is 54.1 Å². The summed E-state index contributed by atoms with van der Waals surface area (Å²) in [5.74, 6) is -0.132. The third kappa shape index (κ3) is 3.99. The third-order valence-electron chi connectivity index (χ3n) is 5.27. The summed E-state index contributed by atoms with van der Waals surface area (Å²) in [6, 6.07) is 16.4. The quantitative estimate of drug-likeness (QED) is 0.842. The van der Waals surface area contributed by atoms with Gasteiger partial charge in [0.1, 0.15) is 6.10 Å². The van der Waals surface area contributed by atoms with Crippen LogP contribution in [-0.2, 0) is 20.7 Å². The standard InChI is InChI=1S/C22H26N2O3/c1-16(27-15-18-8-6-14-26-18)22(25)23-19-9-3-5-11-21(19)24-13-12-17-7-2-4-10-20(17)24/h2-5,7,9-11,16,18H,6,8,12-15H2,1H3,(H,23,25)/t16-,18+/m0/s1. The molecule has 1 fully saturated rings. The number of nitrogens with one attached hydrogen (secondary N) is 1. The van der Waals surface area contributed by atoms with E-state index in [0.29, 0.717) is 6.61 Å². The van der Waals surface area contributed by atoms with Crippen molar-refractivity contribution in [3.8, 4) is 0 Å². The Labute approximate surface area is 160 Å². The Balaban J connectivity index is 1.44. The molecule has 1 saturated heterocycles. The van der Waals surface area contributed by atoms with E-state index in [9.17, 15) is 4.79 Å². The van der Waals surface area contributed by atoms with Gasteiger partial charge in [-0.1, -0.05) is 30.3 Å². The van der Waals surface area contributed by atoms with E-state index in [1.165, 1.54) is 11.3 Å². The zero-order chi connectivity index (χ0) is 18.6. The Bertz CT molecular complexity index is 802. The first-order valence-electron chi connectivity index (χ1n) is 9.71. The second kappa shape index (κ2) is 8.11. The lowest BCUT2D eigenvalue weighted by atomic mass is 10.1. The van der Waals surface area contributed by atoms with E-state index in [1.807, 2.05) is 18.2 Å². The lowest BCUT2D eigenvalue weighted by molar-refractivity contribution is -0.128. The first kappa shape index (κ1) is 18.0. The molecule has 27 heavy (non-hydrogen) atoms. The van der Waals surface area contributed by atoms with Crippen molar-refractivity contribution in [2.75, 3.05) is 30.0 Å². The van der Waals surface area contributed by atoms with E-state index < -0.39 is 6.10 Å². The lowest BCUT2D eigenvalue weighted by Gasteiger charge is -2.24. The van der Waals surface area contributed by atoms with E-state index in [1.54, 1.807) is 6.92 Å². The summed E-state index contributed by atoms with van der Waals surface area (Å²) in [4.78, 5) is 14.9. The van der Waals surface area contributed by atoms with Crippen LogP contribution in [0.5, 0.6) is 0 Å². The summed E-state index contributed by atoms with van der Waals surface area (Å²) in [6.45, 7) is 3.96. The average molecular weight is 366 g/mol. The van der Waals surface area contributed by atoms with Gasteiger partial charge in [-0.25, -0.2) is 0 Å². The van der Waals surface area contributed by atoms with Gasteiger partial charge in [0.25, 0.3) is 5.91 Å². The summed E-state index contributed by atoms with van der Waals surface area (Å²) in [5, 5.41) is 3.05. The van der Waals surface area contributed by atoms with Crippen LogP contribution >= 0.6 is 0 Å². The topological polar surface area (TPSA) is 50.8 Å². The van der Waals surface area contributed by atoms with E-state index in [2.05, 4.69) is 40.5 Å².